The summed E-state index contributed by atoms with van der Waals surface area (Å²) in [5, 5.41) is 58.8. The minimum absolute atomic E-state index is 0.0514. The van der Waals surface area contributed by atoms with Crippen LogP contribution in [0.5, 0.6) is 11.5 Å². The fourth-order valence-corrected chi connectivity index (χ4v) is 5.20. The highest BCUT2D eigenvalue weighted by atomic mass is 19.4. The van der Waals surface area contributed by atoms with Crippen LogP contribution in [0.3, 0.4) is 0 Å². The Balaban J connectivity index is 1.71. The summed E-state index contributed by atoms with van der Waals surface area (Å²) >= 11 is 0. The van der Waals surface area contributed by atoms with Crippen molar-refractivity contribution >= 4 is 33.4 Å². The lowest BCUT2D eigenvalue weighted by Gasteiger charge is -2.11. The summed E-state index contributed by atoms with van der Waals surface area (Å²) in [6, 6.07) is 16.4. The lowest BCUT2D eigenvalue weighted by Crippen LogP contribution is -2.17. The molecule has 1 aromatic heterocycles. The molecule has 5 rings (SSSR count). The standard InChI is InChI=1S/C32H8F6N8O2/c33-31(34,35)47-17-1-3-19-21(5-17)23(11-43)29(27(19)15(7-39)8-40)25-13-46-26(14-45-25)30-24(12-44)22-6-18(48-32(36,37)38)2-4-20(22)28(30)16(9-41)10-42/h1-6,13-14H. The molecular weight excluding hydrogens is 642 g/mol. The van der Waals surface area contributed by atoms with Gasteiger partial charge in [0.1, 0.15) is 59.1 Å². The van der Waals surface area contributed by atoms with Crippen molar-refractivity contribution in [2.75, 3.05) is 0 Å². The van der Waals surface area contributed by atoms with Gasteiger partial charge in [0.05, 0.1) is 34.9 Å². The van der Waals surface area contributed by atoms with E-state index in [0.717, 1.165) is 48.8 Å². The van der Waals surface area contributed by atoms with Crippen molar-refractivity contribution in [1.29, 1.82) is 31.6 Å². The van der Waals surface area contributed by atoms with E-state index in [1.165, 1.54) is 0 Å². The number of halogens is 6. The molecule has 0 amide bonds. The molecule has 2 aromatic carbocycles. The lowest BCUT2D eigenvalue weighted by molar-refractivity contribution is -0.275. The Kier molecular flexibility index (Phi) is 7.89. The maximum Gasteiger partial charge on any atom is 0.573 e. The topological polar surface area (TPSA) is 187 Å². The molecule has 0 bridgehead atoms. The largest absolute Gasteiger partial charge is 0.573 e. The summed E-state index contributed by atoms with van der Waals surface area (Å²) < 4.78 is 85.4. The second kappa shape index (κ2) is 11.8. The van der Waals surface area contributed by atoms with Gasteiger partial charge in [0.2, 0.25) is 0 Å². The molecule has 0 radical (unpaired) electrons. The van der Waals surface area contributed by atoms with E-state index in [1.807, 2.05) is 12.1 Å². The third-order valence-corrected chi connectivity index (χ3v) is 6.86. The van der Waals surface area contributed by atoms with Gasteiger partial charge in [-0.15, -0.1) is 26.3 Å². The molecule has 48 heavy (non-hydrogen) atoms. The van der Waals surface area contributed by atoms with Gasteiger partial charge in [0.25, 0.3) is 0 Å². The molecule has 0 N–H and O–H groups in total. The molecule has 2 aliphatic rings. The minimum atomic E-state index is -5.06. The van der Waals surface area contributed by atoms with E-state index < -0.39 is 35.4 Å². The number of hydrogen-bond acceptors (Lipinski definition) is 10. The van der Waals surface area contributed by atoms with Gasteiger partial charge < -0.3 is 9.47 Å². The monoisotopic (exact) mass is 650 g/mol. The predicted molar refractivity (Wildman–Crippen MR) is 149 cm³/mol. The first-order valence-corrected chi connectivity index (χ1v) is 12.8. The van der Waals surface area contributed by atoms with Crippen LogP contribution in [0, 0.1) is 68.0 Å². The number of hydrogen-bond donors (Lipinski definition) is 0. The molecule has 16 heteroatoms. The molecule has 0 saturated heterocycles. The Morgan fingerprint density at radius 3 is 1.17 bits per heavy atom. The molecule has 230 valence electrons. The molecule has 0 saturated carbocycles. The Hall–Kier alpha value is -7.40. The van der Waals surface area contributed by atoms with Crippen LogP contribution < -0.4 is 9.47 Å². The first kappa shape index (κ1) is 32.0. The number of alkyl halides is 6. The van der Waals surface area contributed by atoms with Crippen LogP contribution in [0.25, 0.3) is 33.4 Å². The quantitative estimate of drug-likeness (QED) is 0.215. The normalized spacial score (nSPS) is 13.2. The number of benzene rings is 2. The molecule has 0 aliphatic heterocycles. The van der Waals surface area contributed by atoms with Crippen LogP contribution in [-0.4, -0.2) is 22.7 Å². The van der Waals surface area contributed by atoms with Crippen LogP contribution in [-0.2, 0) is 0 Å². The molecule has 0 atom stereocenters. The lowest BCUT2D eigenvalue weighted by atomic mass is 9.95. The van der Waals surface area contributed by atoms with Gasteiger partial charge >= 0.3 is 12.7 Å². The summed E-state index contributed by atoms with van der Waals surface area (Å²) in [7, 11) is 0. The van der Waals surface area contributed by atoms with Gasteiger partial charge in [-0.2, -0.15) is 31.6 Å². The van der Waals surface area contributed by atoms with Crippen molar-refractivity contribution in [2.45, 2.75) is 12.7 Å². The highest BCUT2D eigenvalue weighted by molar-refractivity contribution is 6.26. The number of nitriles is 6. The van der Waals surface area contributed by atoms with E-state index >= 15 is 0 Å². The number of ether oxygens (including phenoxy) is 2. The number of rotatable bonds is 4. The SMILES string of the molecule is N#CC(C#N)=C1C(c2cnc(C3=C(C#N)c4cc(OC(F)(F)F)ccc4C3=C(C#N)C#N)cn2)=C(C#N)c2cc(OC(F)(F)F)ccc21. The summed E-state index contributed by atoms with van der Waals surface area (Å²) in [4.78, 5) is 8.54. The van der Waals surface area contributed by atoms with Crippen molar-refractivity contribution in [3.63, 3.8) is 0 Å². The number of nitrogens with zero attached hydrogens (tertiary/aromatic N) is 8. The molecule has 0 fully saturated rings. The van der Waals surface area contributed by atoms with Gasteiger partial charge in [-0.3, -0.25) is 9.97 Å². The third-order valence-electron chi connectivity index (χ3n) is 6.86. The molecule has 3 aromatic rings. The Morgan fingerprint density at radius 2 is 0.896 bits per heavy atom. The Labute approximate surface area is 265 Å². The molecule has 10 nitrogen and oxygen atoms in total. The van der Waals surface area contributed by atoms with E-state index in [1.54, 1.807) is 24.3 Å². The van der Waals surface area contributed by atoms with Gasteiger partial charge in [-0.25, -0.2) is 0 Å². The number of allylic oxidation sites excluding steroid dienone is 8. The highest BCUT2D eigenvalue weighted by Crippen LogP contribution is 2.50. The number of fused-ring (bicyclic) bond motifs is 2. The molecular formula is C32H8F6N8O2. The molecule has 2 aliphatic carbocycles. The van der Waals surface area contributed by atoms with E-state index in [-0.39, 0.29) is 67.1 Å². The van der Waals surface area contributed by atoms with Gasteiger partial charge in [-0.05, 0) is 47.5 Å². The minimum Gasteiger partial charge on any atom is -0.406 e. The first-order chi connectivity index (χ1) is 22.8. The van der Waals surface area contributed by atoms with Crippen molar-refractivity contribution in [3.05, 3.63) is 93.6 Å². The summed E-state index contributed by atoms with van der Waals surface area (Å²) in [6.45, 7) is 0. The van der Waals surface area contributed by atoms with Crippen LogP contribution in [0.2, 0.25) is 0 Å². The average Bonchev–Trinajstić information content (AvgIpc) is 3.53. The van der Waals surface area contributed by atoms with Crippen LogP contribution in [0.1, 0.15) is 33.6 Å². The Morgan fingerprint density at radius 1 is 0.542 bits per heavy atom. The van der Waals surface area contributed by atoms with Crippen LogP contribution in [0.15, 0.2) is 59.9 Å². The molecule has 0 unspecified atom stereocenters. The van der Waals surface area contributed by atoms with Crippen molar-refractivity contribution in [2.24, 2.45) is 0 Å². The summed E-state index contributed by atoms with van der Waals surface area (Å²) in [5.74, 6) is -1.37. The Bertz CT molecular complexity index is 2130. The van der Waals surface area contributed by atoms with E-state index in [2.05, 4.69) is 19.4 Å². The van der Waals surface area contributed by atoms with Crippen molar-refractivity contribution in [1.82, 2.24) is 9.97 Å². The summed E-state index contributed by atoms with van der Waals surface area (Å²) in [5.41, 5.74) is -2.53. The number of aromatic nitrogens is 2. The smallest absolute Gasteiger partial charge is 0.406 e. The summed E-state index contributed by atoms with van der Waals surface area (Å²) in [6.07, 6.45) is -8.03. The van der Waals surface area contributed by atoms with E-state index in [0.29, 0.717) is 0 Å². The highest BCUT2D eigenvalue weighted by Gasteiger charge is 2.37. The van der Waals surface area contributed by atoms with E-state index in [9.17, 15) is 57.9 Å². The molecule has 1 heterocycles. The van der Waals surface area contributed by atoms with Crippen molar-refractivity contribution in [3.8, 4) is 47.9 Å². The van der Waals surface area contributed by atoms with Crippen molar-refractivity contribution < 1.29 is 35.8 Å². The van der Waals surface area contributed by atoms with Crippen LogP contribution in [0.4, 0.5) is 26.3 Å². The van der Waals surface area contributed by atoms with Gasteiger partial charge in [-0.1, -0.05) is 0 Å². The zero-order valence-corrected chi connectivity index (χ0v) is 23.3. The van der Waals surface area contributed by atoms with Gasteiger partial charge in [0, 0.05) is 33.4 Å². The molecule has 0 spiro atoms. The fraction of sp³-hybridized carbons (Fsp3) is 0.0625. The zero-order valence-electron chi connectivity index (χ0n) is 23.3. The maximum absolute atomic E-state index is 12.9. The zero-order chi connectivity index (χ0) is 35.0. The van der Waals surface area contributed by atoms with E-state index in [4.69, 9.17) is 0 Å². The second-order valence-corrected chi connectivity index (χ2v) is 9.47. The first-order valence-electron chi connectivity index (χ1n) is 12.8. The second-order valence-electron chi connectivity index (χ2n) is 9.47. The maximum atomic E-state index is 12.9. The third kappa shape index (κ3) is 5.61. The fourth-order valence-electron chi connectivity index (χ4n) is 5.20. The van der Waals surface area contributed by atoms with Crippen LogP contribution >= 0.6 is 0 Å². The average molecular weight is 650 g/mol. The predicted octanol–water partition coefficient (Wildman–Crippen LogP) is 6.77. The van der Waals surface area contributed by atoms with Gasteiger partial charge in [0.15, 0.2) is 0 Å².